The molecule has 1 atom stereocenters. The van der Waals surface area contributed by atoms with E-state index < -0.39 is 9.84 Å². The van der Waals surface area contributed by atoms with Gasteiger partial charge in [0.15, 0.2) is 15.0 Å². The van der Waals surface area contributed by atoms with E-state index in [1.807, 2.05) is 6.07 Å². The van der Waals surface area contributed by atoms with E-state index >= 15 is 0 Å². The minimum atomic E-state index is -2.86. The van der Waals surface area contributed by atoms with E-state index in [1.54, 1.807) is 0 Å². The highest BCUT2D eigenvalue weighted by Crippen LogP contribution is 2.24. The fourth-order valence-electron chi connectivity index (χ4n) is 3.46. The second kappa shape index (κ2) is 7.38. The van der Waals surface area contributed by atoms with Crippen LogP contribution in [0.5, 0.6) is 0 Å². The van der Waals surface area contributed by atoms with Crippen LogP contribution in [0.1, 0.15) is 11.3 Å². The molecule has 1 unspecified atom stereocenters. The fourth-order valence-corrected chi connectivity index (χ4v) is 5.84. The number of nitrogens with one attached hydrogen (secondary N) is 1. The van der Waals surface area contributed by atoms with Crippen molar-refractivity contribution in [2.45, 2.75) is 12.5 Å². The number of nitriles is 1. The Balaban J connectivity index is 1.38. The molecule has 2 aromatic heterocycles. The molecule has 0 aromatic carbocycles. The normalized spacial score (nSPS) is 22.5. The van der Waals surface area contributed by atoms with Gasteiger partial charge in [0.25, 0.3) is 0 Å². The maximum atomic E-state index is 11.7. The number of rotatable bonds is 4. The first-order valence-electron chi connectivity index (χ1n) is 8.67. The predicted octanol–water partition coefficient (Wildman–Crippen LogP) is 0.857. The Morgan fingerprint density at radius 1 is 1.22 bits per heavy atom. The zero-order valence-corrected chi connectivity index (χ0v) is 16.2. The smallest absolute Gasteiger partial charge is 0.189 e. The molecule has 2 fully saturated rings. The minimum Gasteiger partial charge on any atom is -0.354 e. The minimum absolute atomic E-state index is 0.152. The van der Waals surface area contributed by atoms with E-state index in [-0.39, 0.29) is 11.8 Å². The fraction of sp³-hybridized carbons (Fsp3) is 0.500. The average molecular weight is 406 g/mol. The van der Waals surface area contributed by atoms with Crippen LogP contribution >= 0.6 is 11.3 Å². The third kappa shape index (κ3) is 4.18. The van der Waals surface area contributed by atoms with E-state index in [1.165, 1.54) is 23.9 Å². The monoisotopic (exact) mass is 405 g/mol. The third-order valence-corrected chi connectivity index (χ3v) is 7.43. The summed E-state index contributed by atoms with van der Waals surface area (Å²) in [7, 11) is -2.86. The maximum absolute atomic E-state index is 11.7. The molecule has 0 amide bonds. The van der Waals surface area contributed by atoms with Gasteiger partial charge in [0, 0.05) is 38.3 Å². The van der Waals surface area contributed by atoms with Crippen molar-refractivity contribution in [3.63, 3.8) is 0 Å². The summed E-state index contributed by atoms with van der Waals surface area (Å²) in [6.45, 7) is 3.24. The molecule has 2 aliphatic heterocycles. The molecule has 2 aliphatic rings. The number of hydrogen-bond donors (Lipinski definition) is 1. The summed E-state index contributed by atoms with van der Waals surface area (Å²) in [6, 6.07) is 4.08. The van der Waals surface area contributed by atoms with Gasteiger partial charge >= 0.3 is 0 Å². The van der Waals surface area contributed by atoms with Crippen molar-refractivity contribution in [3.8, 4) is 6.07 Å². The zero-order valence-electron chi connectivity index (χ0n) is 14.6. The van der Waals surface area contributed by atoms with Gasteiger partial charge in [-0.1, -0.05) is 11.3 Å². The van der Waals surface area contributed by atoms with E-state index in [0.29, 0.717) is 21.6 Å². The van der Waals surface area contributed by atoms with Crippen molar-refractivity contribution < 1.29 is 8.42 Å². The van der Waals surface area contributed by atoms with Crippen LogP contribution in [0.2, 0.25) is 0 Å². The number of hydrogen-bond acceptors (Lipinski definition) is 10. The van der Waals surface area contributed by atoms with Crippen molar-refractivity contribution in [3.05, 3.63) is 23.5 Å². The summed E-state index contributed by atoms with van der Waals surface area (Å²) >= 11 is 1.27. The van der Waals surface area contributed by atoms with Gasteiger partial charge in [0.2, 0.25) is 0 Å². The van der Waals surface area contributed by atoms with Crippen molar-refractivity contribution in [1.29, 1.82) is 5.26 Å². The van der Waals surface area contributed by atoms with Gasteiger partial charge in [-0.05, 0) is 6.42 Å². The van der Waals surface area contributed by atoms with E-state index in [4.69, 9.17) is 5.26 Å². The Bertz CT molecular complexity index is 961. The molecular weight excluding hydrogens is 386 g/mol. The Kier molecular flexibility index (Phi) is 4.94. The first kappa shape index (κ1) is 18.1. The molecule has 0 saturated carbocycles. The van der Waals surface area contributed by atoms with Crippen LogP contribution < -0.4 is 10.2 Å². The maximum Gasteiger partial charge on any atom is 0.189 e. The van der Waals surface area contributed by atoms with Gasteiger partial charge in [0.1, 0.15) is 28.9 Å². The van der Waals surface area contributed by atoms with Crippen molar-refractivity contribution in [2.24, 2.45) is 0 Å². The van der Waals surface area contributed by atoms with Crippen LogP contribution in [0.4, 0.5) is 16.8 Å². The lowest BCUT2D eigenvalue weighted by atomic mass is 10.2. The number of anilines is 3. The molecule has 4 rings (SSSR count). The van der Waals surface area contributed by atoms with Gasteiger partial charge in [-0.15, -0.1) is 0 Å². The summed E-state index contributed by atoms with van der Waals surface area (Å²) < 4.78 is 23.4. The molecule has 4 heterocycles. The van der Waals surface area contributed by atoms with Crippen LogP contribution in [0.15, 0.2) is 18.6 Å². The lowest BCUT2D eigenvalue weighted by Crippen LogP contribution is -2.51. The molecule has 0 spiro atoms. The Hall–Kier alpha value is -2.29. The molecular formula is C16H19N7O2S2. The summed E-state index contributed by atoms with van der Waals surface area (Å²) in [5, 5.41) is 12.6. The number of piperazine rings is 1. The van der Waals surface area contributed by atoms with Crippen molar-refractivity contribution in [2.75, 3.05) is 47.9 Å². The lowest BCUT2D eigenvalue weighted by molar-refractivity contribution is 0.200. The first-order valence-corrected chi connectivity index (χ1v) is 11.3. The van der Waals surface area contributed by atoms with Gasteiger partial charge in [-0.3, -0.25) is 4.90 Å². The lowest BCUT2D eigenvalue weighted by Gasteiger charge is -2.38. The number of thiazole rings is 1. The highest BCUT2D eigenvalue weighted by atomic mass is 32.2. The Labute approximate surface area is 161 Å². The SMILES string of the molecule is N#Cc1cnc(Nc2cc(N3CCN(C4CCS(=O)(=O)C4)CC3)ncn2)s1. The van der Waals surface area contributed by atoms with Crippen molar-refractivity contribution >= 4 is 37.9 Å². The number of aromatic nitrogens is 3. The third-order valence-electron chi connectivity index (χ3n) is 4.87. The largest absolute Gasteiger partial charge is 0.354 e. The van der Waals surface area contributed by atoms with Crippen LogP contribution in [0.25, 0.3) is 0 Å². The summed E-state index contributed by atoms with van der Waals surface area (Å²) in [5.41, 5.74) is 0. The van der Waals surface area contributed by atoms with E-state index in [2.05, 4.69) is 36.1 Å². The Morgan fingerprint density at radius 2 is 2.04 bits per heavy atom. The average Bonchev–Trinajstić information content (AvgIpc) is 3.28. The summed E-state index contributed by atoms with van der Waals surface area (Å²) in [4.78, 5) is 17.7. The summed E-state index contributed by atoms with van der Waals surface area (Å²) in [5.74, 6) is 2.04. The summed E-state index contributed by atoms with van der Waals surface area (Å²) in [6.07, 6.45) is 3.77. The van der Waals surface area contributed by atoms with E-state index in [9.17, 15) is 8.42 Å². The topological polar surface area (TPSA) is 115 Å². The Morgan fingerprint density at radius 3 is 2.70 bits per heavy atom. The molecule has 0 radical (unpaired) electrons. The standard InChI is InChI=1S/C16H19N7O2S2/c17-8-13-9-18-16(26-13)21-14-7-15(20-11-19-14)23-4-2-22(3-5-23)12-1-6-27(24,25)10-12/h7,9,11-12H,1-6,10H2,(H,18,19,20,21). The molecule has 9 nitrogen and oxygen atoms in total. The van der Waals surface area contributed by atoms with Crippen LogP contribution in [0.3, 0.4) is 0 Å². The van der Waals surface area contributed by atoms with Gasteiger partial charge in [-0.2, -0.15) is 5.26 Å². The molecule has 0 bridgehead atoms. The second-order valence-electron chi connectivity index (χ2n) is 6.61. The highest BCUT2D eigenvalue weighted by Gasteiger charge is 2.33. The molecule has 27 heavy (non-hydrogen) atoms. The molecule has 2 aromatic rings. The quantitative estimate of drug-likeness (QED) is 0.790. The van der Waals surface area contributed by atoms with Gasteiger partial charge in [-0.25, -0.2) is 23.4 Å². The van der Waals surface area contributed by atoms with Gasteiger partial charge in [0.05, 0.1) is 17.7 Å². The molecule has 11 heteroatoms. The first-order chi connectivity index (χ1) is 13.0. The second-order valence-corrected chi connectivity index (χ2v) is 9.87. The number of sulfone groups is 1. The van der Waals surface area contributed by atoms with Gasteiger partial charge < -0.3 is 10.2 Å². The predicted molar refractivity (Wildman–Crippen MR) is 103 cm³/mol. The van der Waals surface area contributed by atoms with Crippen LogP contribution in [-0.4, -0.2) is 72.0 Å². The molecule has 1 N–H and O–H groups in total. The zero-order chi connectivity index (χ0) is 18.9. The van der Waals surface area contributed by atoms with Crippen LogP contribution in [0, 0.1) is 11.3 Å². The molecule has 142 valence electrons. The molecule has 0 aliphatic carbocycles. The van der Waals surface area contributed by atoms with Crippen LogP contribution in [-0.2, 0) is 9.84 Å². The molecule has 2 saturated heterocycles. The number of nitrogens with zero attached hydrogens (tertiary/aromatic N) is 6. The van der Waals surface area contributed by atoms with E-state index in [0.717, 1.165) is 38.4 Å². The van der Waals surface area contributed by atoms with Crippen molar-refractivity contribution in [1.82, 2.24) is 19.9 Å². The highest BCUT2D eigenvalue weighted by molar-refractivity contribution is 7.91.